The normalized spacial score (nSPS) is 9.08. The van der Waals surface area contributed by atoms with Crippen molar-refractivity contribution in [1.29, 1.82) is 0 Å². The van der Waals surface area contributed by atoms with Crippen LogP contribution in [-0.2, 0) is 0 Å². The van der Waals surface area contributed by atoms with Gasteiger partial charge in [-0.25, -0.2) is 0 Å². The molecule has 0 bridgehead atoms. The molecule has 0 unspecified atom stereocenters. The fourth-order valence-corrected chi connectivity index (χ4v) is 2.59. The van der Waals surface area contributed by atoms with Crippen molar-refractivity contribution in [2.75, 3.05) is 0 Å². The minimum absolute atomic E-state index is 0.930. The molecule has 118 valence electrons. The molecule has 0 spiro atoms. The SMILES string of the molecule is C(C#CC#Cc1ccc2[nH]ccc2c1)#CC#Cc1ccc2[nH]ccc2c1. The van der Waals surface area contributed by atoms with Gasteiger partial charge in [-0.15, -0.1) is 0 Å². The Bertz CT molecular complexity index is 1240. The van der Waals surface area contributed by atoms with Gasteiger partial charge in [0.2, 0.25) is 0 Å². The van der Waals surface area contributed by atoms with Gasteiger partial charge in [0.25, 0.3) is 0 Å². The van der Waals surface area contributed by atoms with E-state index in [1.807, 2.05) is 60.9 Å². The van der Waals surface area contributed by atoms with Crippen LogP contribution in [0.2, 0.25) is 0 Å². The van der Waals surface area contributed by atoms with Crippen molar-refractivity contribution in [3.63, 3.8) is 0 Å². The lowest BCUT2D eigenvalue weighted by Crippen LogP contribution is -1.73. The Hall–Kier alpha value is -4.24. The predicted octanol–water partition coefficient (Wildman–Crippen LogP) is 4.06. The molecule has 0 amide bonds. The summed E-state index contributed by atoms with van der Waals surface area (Å²) in [5.41, 5.74) is 4.06. The van der Waals surface area contributed by atoms with E-state index in [1.54, 1.807) is 0 Å². The molecule has 0 aliphatic heterocycles. The number of hydrogen-bond acceptors (Lipinski definition) is 0. The van der Waals surface area contributed by atoms with Gasteiger partial charge in [-0.3, -0.25) is 0 Å². The van der Waals surface area contributed by atoms with Gasteiger partial charge in [-0.2, -0.15) is 0 Å². The monoisotopic (exact) mass is 328 g/mol. The van der Waals surface area contributed by atoms with E-state index in [-0.39, 0.29) is 0 Å². The molecule has 0 aliphatic carbocycles. The van der Waals surface area contributed by atoms with Crippen molar-refractivity contribution < 1.29 is 0 Å². The van der Waals surface area contributed by atoms with Crippen molar-refractivity contribution in [1.82, 2.24) is 9.97 Å². The first-order chi connectivity index (χ1) is 12.9. The van der Waals surface area contributed by atoms with Gasteiger partial charge in [0.1, 0.15) is 0 Å². The second-order valence-corrected chi connectivity index (χ2v) is 5.56. The third kappa shape index (κ3) is 3.47. The number of aromatic amines is 2. The van der Waals surface area contributed by atoms with Crippen LogP contribution in [0.4, 0.5) is 0 Å². The zero-order valence-corrected chi connectivity index (χ0v) is 13.8. The smallest absolute Gasteiger partial charge is 0.0454 e. The molecule has 0 fully saturated rings. The van der Waals surface area contributed by atoms with E-state index in [0.717, 1.165) is 32.9 Å². The molecule has 26 heavy (non-hydrogen) atoms. The summed E-state index contributed by atoms with van der Waals surface area (Å²) < 4.78 is 0. The zero-order chi connectivity index (χ0) is 17.6. The van der Waals surface area contributed by atoms with E-state index in [0.29, 0.717) is 0 Å². The van der Waals surface area contributed by atoms with Crippen molar-refractivity contribution >= 4 is 21.8 Å². The van der Waals surface area contributed by atoms with E-state index in [2.05, 4.69) is 57.3 Å². The lowest BCUT2D eigenvalue weighted by Gasteiger charge is -1.90. The van der Waals surface area contributed by atoms with E-state index in [9.17, 15) is 0 Å². The molecule has 2 heterocycles. The summed E-state index contributed by atoms with van der Waals surface area (Å²) in [4.78, 5) is 6.31. The summed E-state index contributed by atoms with van der Waals surface area (Å²) in [7, 11) is 0. The molecule has 0 aliphatic rings. The molecule has 0 saturated carbocycles. The molecular formula is C24H12N2. The highest BCUT2D eigenvalue weighted by Crippen LogP contribution is 2.14. The van der Waals surface area contributed by atoms with Crippen LogP contribution in [0.15, 0.2) is 60.9 Å². The molecule has 0 saturated heterocycles. The van der Waals surface area contributed by atoms with Crippen molar-refractivity contribution in [3.8, 4) is 47.4 Å². The van der Waals surface area contributed by atoms with Gasteiger partial charge in [0, 0.05) is 45.3 Å². The van der Waals surface area contributed by atoms with Crippen LogP contribution in [0.5, 0.6) is 0 Å². The molecule has 4 aromatic rings. The first kappa shape index (κ1) is 15.3. The Kier molecular flexibility index (Phi) is 4.18. The minimum atomic E-state index is 0.930. The third-order valence-electron chi connectivity index (χ3n) is 3.83. The molecule has 2 N–H and O–H groups in total. The summed E-state index contributed by atoms with van der Waals surface area (Å²) in [5.74, 6) is 22.5. The Morgan fingerprint density at radius 1 is 0.500 bits per heavy atom. The second kappa shape index (κ2) is 7.11. The maximum atomic E-state index is 3.15. The Morgan fingerprint density at radius 2 is 0.962 bits per heavy atom. The van der Waals surface area contributed by atoms with Gasteiger partial charge in [0.05, 0.1) is 0 Å². The molecule has 4 rings (SSSR count). The van der Waals surface area contributed by atoms with Gasteiger partial charge < -0.3 is 9.97 Å². The second-order valence-electron chi connectivity index (χ2n) is 5.56. The average Bonchev–Trinajstić information content (AvgIpc) is 3.31. The summed E-state index contributed by atoms with van der Waals surface area (Å²) in [6.45, 7) is 0. The molecule has 0 atom stereocenters. The first-order valence-electron chi connectivity index (χ1n) is 8.05. The van der Waals surface area contributed by atoms with Crippen LogP contribution in [0.25, 0.3) is 21.8 Å². The fourth-order valence-electron chi connectivity index (χ4n) is 2.59. The maximum Gasteiger partial charge on any atom is 0.0454 e. The minimum Gasteiger partial charge on any atom is -0.361 e. The summed E-state index contributed by atoms with van der Waals surface area (Å²) in [5, 5.41) is 2.27. The van der Waals surface area contributed by atoms with Crippen LogP contribution >= 0.6 is 0 Å². The topological polar surface area (TPSA) is 31.6 Å². The summed E-state index contributed by atoms with van der Waals surface area (Å²) >= 11 is 0. The highest BCUT2D eigenvalue weighted by molar-refractivity contribution is 5.81. The van der Waals surface area contributed by atoms with Crippen molar-refractivity contribution in [2.24, 2.45) is 0 Å². The Labute approximate surface area is 151 Å². The highest BCUT2D eigenvalue weighted by Gasteiger charge is 1.94. The van der Waals surface area contributed by atoms with E-state index >= 15 is 0 Å². The standard InChI is InChI=1S/C24H12N2/c1(3-5-7-19-9-11-23-21(17-19)13-15-25-23)2-4-6-8-20-10-12-24-22(18-20)14-16-26-24/h9-18,25-26H. The number of hydrogen-bond donors (Lipinski definition) is 2. The lowest BCUT2D eigenvalue weighted by atomic mass is 10.1. The van der Waals surface area contributed by atoms with Crippen LogP contribution in [0.3, 0.4) is 0 Å². The van der Waals surface area contributed by atoms with Crippen LogP contribution < -0.4 is 0 Å². The number of fused-ring (bicyclic) bond motifs is 2. The molecule has 2 nitrogen and oxygen atoms in total. The van der Waals surface area contributed by atoms with Crippen molar-refractivity contribution in [3.05, 3.63) is 72.1 Å². The van der Waals surface area contributed by atoms with Crippen molar-refractivity contribution in [2.45, 2.75) is 0 Å². The van der Waals surface area contributed by atoms with Gasteiger partial charge in [-0.05, 0) is 84.1 Å². The van der Waals surface area contributed by atoms with E-state index in [4.69, 9.17) is 0 Å². The quantitative estimate of drug-likeness (QED) is 0.456. The molecule has 2 aromatic heterocycles. The first-order valence-corrected chi connectivity index (χ1v) is 8.05. The molecule has 2 heteroatoms. The van der Waals surface area contributed by atoms with Gasteiger partial charge >= 0.3 is 0 Å². The molecule has 0 radical (unpaired) electrons. The number of aromatic nitrogens is 2. The summed E-state index contributed by atoms with van der Waals surface area (Å²) in [6, 6.07) is 16.0. The number of nitrogens with one attached hydrogen (secondary N) is 2. The maximum absolute atomic E-state index is 3.15. The average molecular weight is 328 g/mol. The Balaban J connectivity index is 1.41. The van der Waals surface area contributed by atoms with E-state index in [1.165, 1.54) is 0 Å². The highest BCUT2D eigenvalue weighted by atomic mass is 14.7. The Morgan fingerprint density at radius 3 is 1.46 bits per heavy atom. The van der Waals surface area contributed by atoms with Crippen LogP contribution in [0.1, 0.15) is 11.1 Å². The molecular weight excluding hydrogens is 316 g/mol. The van der Waals surface area contributed by atoms with Crippen LogP contribution in [-0.4, -0.2) is 9.97 Å². The van der Waals surface area contributed by atoms with Crippen LogP contribution in [0, 0.1) is 47.4 Å². The number of rotatable bonds is 0. The predicted molar refractivity (Wildman–Crippen MR) is 106 cm³/mol. The zero-order valence-electron chi connectivity index (χ0n) is 13.8. The molecule has 2 aromatic carbocycles. The summed E-state index contributed by atoms with van der Waals surface area (Å²) in [6.07, 6.45) is 3.82. The van der Waals surface area contributed by atoms with Gasteiger partial charge in [-0.1, -0.05) is 11.8 Å². The van der Waals surface area contributed by atoms with Gasteiger partial charge in [0.15, 0.2) is 0 Å². The lowest BCUT2D eigenvalue weighted by molar-refractivity contribution is 1.48. The number of H-pyrrole nitrogens is 2. The largest absolute Gasteiger partial charge is 0.361 e. The third-order valence-corrected chi connectivity index (χ3v) is 3.83. The number of benzene rings is 2. The fraction of sp³-hybridized carbons (Fsp3) is 0. The van der Waals surface area contributed by atoms with E-state index < -0.39 is 0 Å².